The van der Waals surface area contributed by atoms with Crippen molar-refractivity contribution in [1.29, 1.82) is 0 Å². The van der Waals surface area contributed by atoms with Gasteiger partial charge in [0.1, 0.15) is 0 Å². The van der Waals surface area contributed by atoms with Crippen molar-refractivity contribution in [2.24, 2.45) is 5.92 Å². The van der Waals surface area contributed by atoms with Gasteiger partial charge in [-0.25, -0.2) is 0 Å². The first-order chi connectivity index (χ1) is 9.95. The number of benzene rings is 1. The average Bonchev–Trinajstić information content (AvgIpc) is 2.45. The molecular weight excluding hydrogens is 270 g/mol. The van der Waals surface area contributed by atoms with Gasteiger partial charge in [-0.1, -0.05) is 24.6 Å². The summed E-state index contributed by atoms with van der Waals surface area (Å²) < 4.78 is 4.99. The monoisotopic (exact) mass is 293 g/mol. The number of carboxylic acid groups (broad SMARTS) is 1. The maximum atomic E-state index is 12.5. The van der Waals surface area contributed by atoms with Crippen LogP contribution in [0.25, 0.3) is 0 Å². The molecule has 1 aromatic rings. The summed E-state index contributed by atoms with van der Waals surface area (Å²) in [5.74, 6) is -1.63. The Hall–Kier alpha value is -1.88. The van der Waals surface area contributed by atoms with Gasteiger partial charge in [0.05, 0.1) is 5.92 Å². The van der Waals surface area contributed by atoms with E-state index in [0.29, 0.717) is 25.1 Å². The molecule has 0 spiro atoms. The fourth-order valence-electron chi connectivity index (χ4n) is 2.04. The summed E-state index contributed by atoms with van der Waals surface area (Å²) in [6.07, 6.45) is 0.681. The van der Waals surface area contributed by atoms with Crippen molar-refractivity contribution in [3.8, 4) is 0 Å². The first-order valence-corrected chi connectivity index (χ1v) is 7.03. The highest BCUT2D eigenvalue weighted by atomic mass is 16.5. The van der Waals surface area contributed by atoms with Crippen LogP contribution in [0, 0.1) is 12.8 Å². The molecule has 0 heterocycles. The molecule has 5 heteroatoms. The van der Waals surface area contributed by atoms with E-state index in [1.165, 1.54) is 0 Å². The van der Waals surface area contributed by atoms with E-state index in [0.717, 1.165) is 5.56 Å². The summed E-state index contributed by atoms with van der Waals surface area (Å²) in [5, 5.41) is 9.04. The Bertz CT molecular complexity index is 487. The highest BCUT2D eigenvalue weighted by Crippen LogP contribution is 2.11. The molecular formula is C16H23NO4. The Morgan fingerprint density at radius 1 is 1.38 bits per heavy atom. The van der Waals surface area contributed by atoms with E-state index >= 15 is 0 Å². The number of carbonyl (C=O) groups is 2. The van der Waals surface area contributed by atoms with E-state index in [9.17, 15) is 9.59 Å². The Balaban J connectivity index is 2.83. The third kappa shape index (κ3) is 5.55. The maximum absolute atomic E-state index is 12.5. The molecule has 5 nitrogen and oxygen atoms in total. The highest BCUT2D eigenvalue weighted by Gasteiger charge is 2.21. The van der Waals surface area contributed by atoms with Crippen LogP contribution < -0.4 is 0 Å². The summed E-state index contributed by atoms with van der Waals surface area (Å²) in [7, 11) is 1.60. The zero-order valence-electron chi connectivity index (χ0n) is 12.8. The zero-order valence-corrected chi connectivity index (χ0v) is 12.8. The van der Waals surface area contributed by atoms with Gasteiger partial charge in [-0.2, -0.15) is 0 Å². The number of amides is 1. The summed E-state index contributed by atoms with van der Waals surface area (Å²) in [5.41, 5.74) is 1.59. The minimum Gasteiger partial charge on any atom is -0.481 e. The Morgan fingerprint density at radius 3 is 2.67 bits per heavy atom. The molecule has 1 aromatic carbocycles. The fourth-order valence-corrected chi connectivity index (χ4v) is 2.04. The minimum absolute atomic E-state index is 0.136. The molecule has 0 aliphatic rings. The van der Waals surface area contributed by atoms with Crippen molar-refractivity contribution in [2.75, 3.05) is 26.8 Å². The summed E-state index contributed by atoms with van der Waals surface area (Å²) in [6, 6.07) is 7.32. The Labute approximate surface area is 125 Å². The Morgan fingerprint density at radius 2 is 2.10 bits per heavy atom. The fraction of sp³-hybridized carbons (Fsp3) is 0.500. The molecule has 0 aliphatic carbocycles. The number of ether oxygens (including phenoxy) is 1. The van der Waals surface area contributed by atoms with Crippen LogP contribution >= 0.6 is 0 Å². The number of carbonyl (C=O) groups excluding carboxylic acids is 1. The third-order valence-electron chi connectivity index (χ3n) is 3.24. The van der Waals surface area contributed by atoms with E-state index in [2.05, 4.69) is 0 Å². The number of nitrogens with zero attached hydrogens (tertiary/aromatic N) is 1. The van der Waals surface area contributed by atoms with Crippen LogP contribution in [0.4, 0.5) is 0 Å². The molecule has 1 rings (SSSR count). The van der Waals surface area contributed by atoms with E-state index in [1.54, 1.807) is 25.0 Å². The number of hydrogen-bond donors (Lipinski definition) is 1. The minimum atomic E-state index is -0.899. The topological polar surface area (TPSA) is 66.8 Å². The van der Waals surface area contributed by atoms with E-state index < -0.39 is 11.9 Å². The van der Waals surface area contributed by atoms with Crippen molar-refractivity contribution in [3.63, 3.8) is 0 Å². The van der Waals surface area contributed by atoms with Crippen LogP contribution in [0.1, 0.15) is 29.3 Å². The van der Waals surface area contributed by atoms with Crippen molar-refractivity contribution in [3.05, 3.63) is 35.4 Å². The highest BCUT2D eigenvalue weighted by molar-refractivity contribution is 5.94. The smallest absolute Gasteiger partial charge is 0.308 e. The standard InChI is InChI=1S/C16H23NO4/c1-12-6-4-7-14(10-12)15(18)17(8-5-9-21-3)11-13(2)16(19)20/h4,6-7,10,13H,5,8-9,11H2,1-3H3,(H,19,20). The molecule has 21 heavy (non-hydrogen) atoms. The Kier molecular flexibility index (Phi) is 6.88. The van der Waals surface area contributed by atoms with Gasteiger partial charge >= 0.3 is 5.97 Å². The number of aliphatic carboxylic acids is 1. The molecule has 0 radical (unpaired) electrons. The van der Waals surface area contributed by atoms with Gasteiger partial charge in [-0.05, 0) is 25.5 Å². The van der Waals surface area contributed by atoms with Gasteiger partial charge in [-0.15, -0.1) is 0 Å². The molecule has 116 valence electrons. The largest absolute Gasteiger partial charge is 0.481 e. The molecule has 0 fully saturated rings. The molecule has 0 aromatic heterocycles. The van der Waals surface area contributed by atoms with Crippen LogP contribution in [-0.4, -0.2) is 48.7 Å². The van der Waals surface area contributed by atoms with Crippen LogP contribution in [0.15, 0.2) is 24.3 Å². The predicted octanol–water partition coefficient (Wildman–Crippen LogP) is 2.19. The van der Waals surface area contributed by atoms with Gasteiger partial charge in [0.15, 0.2) is 0 Å². The van der Waals surface area contributed by atoms with Crippen molar-refractivity contribution < 1.29 is 19.4 Å². The number of carboxylic acids is 1. The van der Waals surface area contributed by atoms with Gasteiger partial charge < -0.3 is 14.7 Å². The molecule has 1 unspecified atom stereocenters. The molecule has 0 aliphatic heterocycles. The van der Waals surface area contributed by atoms with E-state index in [4.69, 9.17) is 9.84 Å². The van der Waals surface area contributed by atoms with Crippen LogP contribution in [0.5, 0.6) is 0 Å². The second kappa shape index (κ2) is 8.42. The normalized spacial score (nSPS) is 12.0. The lowest BCUT2D eigenvalue weighted by atomic mass is 10.1. The number of methoxy groups -OCH3 is 1. The lowest BCUT2D eigenvalue weighted by Crippen LogP contribution is -2.38. The van der Waals surface area contributed by atoms with Crippen LogP contribution in [0.2, 0.25) is 0 Å². The molecule has 1 N–H and O–H groups in total. The van der Waals surface area contributed by atoms with Gasteiger partial charge in [0.2, 0.25) is 0 Å². The van der Waals surface area contributed by atoms with E-state index in [-0.39, 0.29) is 12.5 Å². The second-order valence-electron chi connectivity index (χ2n) is 5.21. The van der Waals surface area contributed by atoms with Crippen molar-refractivity contribution in [1.82, 2.24) is 4.90 Å². The number of aryl methyl sites for hydroxylation is 1. The first kappa shape index (κ1) is 17.2. The molecule has 1 atom stereocenters. The molecule has 1 amide bonds. The average molecular weight is 293 g/mol. The quantitative estimate of drug-likeness (QED) is 0.746. The van der Waals surface area contributed by atoms with Gasteiger partial charge in [0, 0.05) is 32.4 Å². The maximum Gasteiger partial charge on any atom is 0.308 e. The van der Waals surface area contributed by atoms with Crippen LogP contribution in [0.3, 0.4) is 0 Å². The van der Waals surface area contributed by atoms with Crippen molar-refractivity contribution >= 4 is 11.9 Å². The summed E-state index contributed by atoms with van der Waals surface area (Å²) in [6.45, 7) is 4.75. The van der Waals surface area contributed by atoms with Gasteiger partial charge in [0.25, 0.3) is 5.91 Å². The SMILES string of the molecule is COCCCN(CC(C)C(=O)O)C(=O)c1cccc(C)c1. The zero-order chi connectivity index (χ0) is 15.8. The molecule has 0 saturated carbocycles. The third-order valence-corrected chi connectivity index (χ3v) is 3.24. The lowest BCUT2D eigenvalue weighted by Gasteiger charge is -2.24. The summed E-state index contributed by atoms with van der Waals surface area (Å²) >= 11 is 0. The first-order valence-electron chi connectivity index (χ1n) is 7.03. The van der Waals surface area contributed by atoms with Crippen LogP contribution in [-0.2, 0) is 9.53 Å². The van der Waals surface area contributed by atoms with Gasteiger partial charge in [-0.3, -0.25) is 9.59 Å². The predicted molar refractivity (Wildman–Crippen MR) is 80.4 cm³/mol. The lowest BCUT2D eigenvalue weighted by molar-refractivity contribution is -0.141. The van der Waals surface area contributed by atoms with Crippen molar-refractivity contribution in [2.45, 2.75) is 20.3 Å². The second-order valence-corrected chi connectivity index (χ2v) is 5.21. The molecule has 0 bridgehead atoms. The summed E-state index contributed by atoms with van der Waals surface area (Å²) in [4.78, 5) is 25.1. The number of rotatable bonds is 8. The molecule has 0 saturated heterocycles. The van der Waals surface area contributed by atoms with E-state index in [1.807, 2.05) is 25.1 Å². The number of hydrogen-bond acceptors (Lipinski definition) is 3.